The van der Waals surface area contributed by atoms with Gasteiger partial charge in [-0.1, -0.05) is 13.8 Å². The molecule has 0 fully saturated rings. The minimum Gasteiger partial charge on any atom is -0.468 e. The second kappa shape index (κ2) is 7.48. The van der Waals surface area contributed by atoms with E-state index in [1.807, 2.05) is 6.07 Å². The lowest BCUT2D eigenvalue weighted by molar-refractivity contribution is 0.158. The van der Waals surface area contributed by atoms with Crippen LogP contribution in [-0.2, 0) is 17.8 Å². The third-order valence-electron chi connectivity index (χ3n) is 2.63. The van der Waals surface area contributed by atoms with Crippen molar-refractivity contribution >= 4 is 0 Å². The van der Waals surface area contributed by atoms with Crippen molar-refractivity contribution in [3.8, 4) is 0 Å². The molecule has 0 unspecified atom stereocenters. The molecule has 0 aliphatic rings. The van der Waals surface area contributed by atoms with Gasteiger partial charge in [0.1, 0.15) is 5.76 Å². The van der Waals surface area contributed by atoms with E-state index >= 15 is 0 Å². The minimum atomic E-state index is 0.471. The molecule has 1 aromatic rings. The summed E-state index contributed by atoms with van der Waals surface area (Å²) in [5.41, 5.74) is 1.25. The first-order chi connectivity index (χ1) is 8.13. The van der Waals surface area contributed by atoms with Gasteiger partial charge in [0, 0.05) is 31.8 Å². The maximum Gasteiger partial charge on any atom is 0.122 e. The van der Waals surface area contributed by atoms with E-state index in [9.17, 15) is 0 Å². The molecule has 0 bridgehead atoms. The van der Waals surface area contributed by atoms with Crippen LogP contribution >= 0.6 is 0 Å². The average Bonchev–Trinajstić information content (AvgIpc) is 2.71. The van der Waals surface area contributed by atoms with Gasteiger partial charge in [-0.05, 0) is 13.1 Å². The Morgan fingerprint density at radius 3 is 2.88 bits per heavy atom. The summed E-state index contributed by atoms with van der Waals surface area (Å²) in [6.45, 7) is 7.64. The summed E-state index contributed by atoms with van der Waals surface area (Å²) < 4.78 is 10.6. The highest BCUT2D eigenvalue weighted by Gasteiger charge is 2.09. The summed E-state index contributed by atoms with van der Waals surface area (Å²) >= 11 is 0. The molecule has 0 radical (unpaired) electrons. The first-order valence-corrected chi connectivity index (χ1v) is 6.09. The molecule has 0 amide bonds. The number of ether oxygens (including phenoxy) is 1. The van der Waals surface area contributed by atoms with Gasteiger partial charge in [0.25, 0.3) is 0 Å². The van der Waals surface area contributed by atoms with Crippen molar-refractivity contribution in [1.82, 2.24) is 10.2 Å². The lowest BCUT2D eigenvalue weighted by atomic mass is 10.2. The Labute approximate surface area is 104 Å². The summed E-state index contributed by atoms with van der Waals surface area (Å²) in [6.07, 6.45) is 1.76. The van der Waals surface area contributed by atoms with Crippen molar-refractivity contribution in [3.05, 3.63) is 23.7 Å². The molecule has 0 atom stereocenters. The lowest BCUT2D eigenvalue weighted by Gasteiger charge is -2.16. The third kappa shape index (κ3) is 5.35. The number of methoxy groups -OCH3 is 1. The van der Waals surface area contributed by atoms with Crippen LogP contribution < -0.4 is 5.32 Å². The van der Waals surface area contributed by atoms with Gasteiger partial charge >= 0.3 is 0 Å². The van der Waals surface area contributed by atoms with Crippen molar-refractivity contribution in [2.24, 2.45) is 0 Å². The molecule has 1 N–H and O–H groups in total. The van der Waals surface area contributed by atoms with Crippen LogP contribution in [0.4, 0.5) is 0 Å². The Balaban J connectivity index is 2.44. The SMILES string of the molecule is COCCN(C)Cc1ccoc1CNC(C)C. The first kappa shape index (κ1) is 14.2. The molecule has 0 aliphatic heterocycles. The molecule has 1 aromatic heterocycles. The van der Waals surface area contributed by atoms with Crippen LogP contribution in [0.15, 0.2) is 16.7 Å². The number of hydrogen-bond acceptors (Lipinski definition) is 4. The Morgan fingerprint density at radius 1 is 1.47 bits per heavy atom. The molecule has 1 rings (SSSR count). The molecule has 0 saturated carbocycles. The van der Waals surface area contributed by atoms with Gasteiger partial charge in [0.05, 0.1) is 19.4 Å². The number of furan rings is 1. The quantitative estimate of drug-likeness (QED) is 0.752. The first-order valence-electron chi connectivity index (χ1n) is 6.09. The number of rotatable bonds is 8. The second-order valence-electron chi connectivity index (χ2n) is 4.64. The van der Waals surface area contributed by atoms with E-state index in [2.05, 4.69) is 31.1 Å². The second-order valence-corrected chi connectivity index (χ2v) is 4.64. The molecule has 98 valence electrons. The Bertz CT molecular complexity index is 310. The highest BCUT2D eigenvalue weighted by atomic mass is 16.5. The van der Waals surface area contributed by atoms with Gasteiger partial charge in [0.15, 0.2) is 0 Å². The van der Waals surface area contributed by atoms with Gasteiger partial charge in [0.2, 0.25) is 0 Å². The largest absolute Gasteiger partial charge is 0.468 e. The topological polar surface area (TPSA) is 37.6 Å². The van der Waals surface area contributed by atoms with Gasteiger partial charge in [-0.25, -0.2) is 0 Å². The fourth-order valence-electron chi connectivity index (χ4n) is 1.58. The van der Waals surface area contributed by atoms with Crippen LogP contribution in [0.2, 0.25) is 0 Å². The molecular weight excluding hydrogens is 216 g/mol. The minimum absolute atomic E-state index is 0.471. The monoisotopic (exact) mass is 240 g/mol. The Morgan fingerprint density at radius 2 is 2.24 bits per heavy atom. The van der Waals surface area contributed by atoms with Crippen molar-refractivity contribution < 1.29 is 9.15 Å². The molecular formula is C13H24N2O2. The van der Waals surface area contributed by atoms with Crippen molar-refractivity contribution in [1.29, 1.82) is 0 Å². The van der Waals surface area contributed by atoms with Gasteiger partial charge in [-0.3, -0.25) is 4.90 Å². The predicted octanol–water partition coefficient (Wildman–Crippen LogP) is 1.86. The predicted molar refractivity (Wildman–Crippen MR) is 68.9 cm³/mol. The summed E-state index contributed by atoms with van der Waals surface area (Å²) in [5.74, 6) is 1.03. The van der Waals surface area contributed by atoms with Crippen molar-refractivity contribution in [2.45, 2.75) is 33.0 Å². The normalized spacial score (nSPS) is 11.6. The number of nitrogens with zero attached hydrogens (tertiary/aromatic N) is 1. The number of hydrogen-bond donors (Lipinski definition) is 1. The Kier molecular flexibility index (Phi) is 6.26. The molecule has 17 heavy (non-hydrogen) atoms. The third-order valence-corrected chi connectivity index (χ3v) is 2.63. The van der Waals surface area contributed by atoms with E-state index in [0.717, 1.165) is 32.0 Å². The summed E-state index contributed by atoms with van der Waals surface area (Å²) in [4.78, 5) is 2.23. The summed E-state index contributed by atoms with van der Waals surface area (Å²) in [6, 6.07) is 2.51. The van der Waals surface area contributed by atoms with Gasteiger partial charge < -0.3 is 14.5 Å². The number of nitrogens with one attached hydrogen (secondary N) is 1. The van der Waals surface area contributed by atoms with Gasteiger partial charge in [-0.2, -0.15) is 0 Å². The zero-order valence-electron chi connectivity index (χ0n) is 11.3. The average molecular weight is 240 g/mol. The Hall–Kier alpha value is -0.840. The molecule has 0 spiro atoms. The fraction of sp³-hybridized carbons (Fsp3) is 0.692. The van der Waals surface area contributed by atoms with Crippen LogP contribution in [0, 0.1) is 0 Å². The van der Waals surface area contributed by atoms with Crippen LogP contribution in [0.1, 0.15) is 25.2 Å². The summed E-state index contributed by atoms with van der Waals surface area (Å²) in [5, 5.41) is 3.37. The van der Waals surface area contributed by atoms with E-state index in [1.54, 1.807) is 13.4 Å². The molecule has 0 aromatic carbocycles. The smallest absolute Gasteiger partial charge is 0.122 e. The standard InChI is InChI=1S/C13H24N2O2/c1-11(2)14-9-13-12(5-7-17-13)10-15(3)6-8-16-4/h5,7,11,14H,6,8-10H2,1-4H3. The molecule has 0 saturated heterocycles. The zero-order valence-corrected chi connectivity index (χ0v) is 11.3. The highest BCUT2D eigenvalue weighted by molar-refractivity contribution is 5.16. The maximum absolute atomic E-state index is 5.50. The van der Waals surface area contributed by atoms with E-state index in [4.69, 9.17) is 9.15 Å². The van der Waals surface area contributed by atoms with E-state index in [-0.39, 0.29) is 0 Å². The van der Waals surface area contributed by atoms with Crippen molar-refractivity contribution in [3.63, 3.8) is 0 Å². The van der Waals surface area contributed by atoms with Crippen molar-refractivity contribution in [2.75, 3.05) is 27.3 Å². The maximum atomic E-state index is 5.50. The fourth-order valence-corrected chi connectivity index (χ4v) is 1.58. The summed E-state index contributed by atoms with van der Waals surface area (Å²) in [7, 11) is 3.81. The van der Waals surface area contributed by atoms with Crippen LogP contribution in [0.25, 0.3) is 0 Å². The molecule has 1 heterocycles. The van der Waals surface area contributed by atoms with Crippen LogP contribution in [-0.4, -0.2) is 38.3 Å². The highest BCUT2D eigenvalue weighted by Crippen LogP contribution is 2.12. The lowest BCUT2D eigenvalue weighted by Crippen LogP contribution is -2.25. The van der Waals surface area contributed by atoms with Crippen LogP contribution in [0.5, 0.6) is 0 Å². The van der Waals surface area contributed by atoms with E-state index in [1.165, 1.54) is 5.56 Å². The van der Waals surface area contributed by atoms with E-state index in [0.29, 0.717) is 6.04 Å². The molecule has 0 aliphatic carbocycles. The molecule has 4 nitrogen and oxygen atoms in total. The molecule has 4 heteroatoms. The van der Waals surface area contributed by atoms with Gasteiger partial charge in [-0.15, -0.1) is 0 Å². The van der Waals surface area contributed by atoms with E-state index < -0.39 is 0 Å². The zero-order chi connectivity index (χ0) is 12.7. The van der Waals surface area contributed by atoms with Crippen LogP contribution in [0.3, 0.4) is 0 Å². The number of likely N-dealkylation sites (N-methyl/N-ethyl adjacent to an activating group) is 1.